The molecular weight excluding hydrogens is 455 g/mol. The van der Waals surface area contributed by atoms with Crippen LogP contribution in [0.3, 0.4) is 0 Å². The van der Waals surface area contributed by atoms with Gasteiger partial charge in [-0.2, -0.15) is 0 Å². The highest BCUT2D eigenvalue weighted by atomic mass is 35.5. The van der Waals surface area contributed by atoms with Gasteiger partial charge < -0.3 is 10.1 Å². The van der Waals surface area contributed by atoms with Crippen LogP contribution < -0.4 is 10.1 Å². The molecule has 1 spiro atoms. The number of hydrogen-bond acceptors (Lipinski definition) is 5. The number of nitrogens with one attached hydrogen (secondary N) is 1. The van der Waals surface area contributed by atoms with Crippen molar-refractivity contribution in [2.75, 3.05) is 32.4 Å². The molecular formula is C23H26Cl2N2O3S. The average Bonchev–Trinajstić information content (AvgIpc) is 3.43. The van der Waals surface area contributed by atoms with Crippen LogP contribution in [0, 0.1) is 5.41 Å². The van der Waals surface area contributed by atoms with Crippen LogP contribution in [0.15, 0.2) is 41.3 Å². The van der Waals surface area contributed by atoms with E-state index in [0.29, 0.717) is 21.2 Å². The zero-order valence-corrected chi connectivity index (χ0v) is 19.7. The Morgan fingerprint density at radius 1 is 1.16 bits per heavy atom. The molecule has 0 radical (unpaired) electrons. The first-order chi connectivity index (χ1) is 14.7. The van der Waals surface area contributed by atoms with Crippen LogP contribution in [0.25, 0.3) is 0 Å². The minimum atomic E-state index is -3.25. The van der Waals surface area contributed by atoms with Crippen LogP contribution >= 0.6 is 23.2 Å². The van der Waals surface area contributed by atoms with E-state index >= 15 is 0 Å². The lowest BCUT2D eigenvalue weighted by molar-refractivity contribution is 0.0863. The van der Waals surface area contributed by atoms with Gasteiger partial charge in [0.2, 0.25) is 0 Å². The lowest BCUT2D eigenvalue weighted by Crippen LogP contribution is -2.40. The summed E-state index contributed by atoms with van der Waals surface area (Å²) < 4.78 is 30.1. The van der Waals surface area contributed by atoms with E-state index in [9.17, 15) is 8.42 Å². The zero-order chi connectivity index (χ0) is 21.8. The second kappa shape index (κ2) is 7.92. The maximum atomic E-state index is 11.8. The molecule has 2 saturated heterocycles. The minimum Gasteiger partial charge on any atom is -0.484 e. The van der Waals surface area contributed by atoms with Gasteiger partial charge in [0.25, 0.3) is 0 Å². The number of sulfone groups is 1. The summed E-state index contributed by atoms with van der Waals surface area (Å²) >= 11 is 12.9. The second-order valence-corrected chi connectivity index (χ2v) is 12.0. The Kier molecular flexibility index (Phi) is 5.50. The Labute approximate surface area is 193 Å². The summed E-state index contributed by atoms with van der Waals surface area (Å²) in [5.41, 5.74) is 2.48. The van der Waals surface area contributed by atoms with Gasteiger partial charge in [-0.25, -0.2) is 8.42 Å². The molecule has 0 saturated carbocycles. The number of rotatable bonds is 4. The Hall–Kier alpha value is -1.31. The first-order valence-corrected chi connectivity index (χ1v) is 13.3. The third-order valence-corrected chi connectivity index (χ3v) is 8.73. The van der Waals surface area contributed by atoms with Gasteiger partial charge in [-0.05, 0) is 79.7 Å². The highest BCUT2D eigenvalue weighted by Gasteiger charge is 2.47. The average molecular weight is 481 g/mol. The Balaban J connectivity index is 1.46. The first kappa shape index (κ1) is 21.5. The predicted octanol–water partition coefficient (Wildman–Crippen LogP) is 4.13. The minimum absolute atomic E-state index is 0.167. The zero-order valence-electron chi connectivity index (χ0n) is 17.4. The van der Waals surface area contributed by atoms with E-state index in [-0.39, 0.29) is 17.0 Å². The molecule has 166 valence electrons. The van der Waals surface area contributed by atoms with Gasteiger partial charge in [-0.3, -0.25) is 4.90 Å². The molecule has 0 aromatic heterocycles. The molecule has 0 amide bonds. The van der Waals surface area contributed by atoms with Crippen molar-refractivity contribution in [2.45, 2.75) is 36.3 Å². The van der Waals surface area contributed by atoms with Crippen molar-refractivity contribution in [3.05, 3.63) is 57.6 Å². The van der Waals surface area contributed by atoms with Gasteiger partial charge in [0.05, 0.1) is 10.9 Å². The molecule has 3 atom stereocenters. The van der Waals surface area contributed by atoms with E-state index in [4.69, 9.17) is 27.9 Å². The summed E-state index contributed by atoms with van der Waals surface area (Å²) in [7, 11) is -3.25. The van der Waals surface area contributed by atoms with Crippen molar-refractivity contribution < 1.29 is 13.2 Å². The maximum Gasteiger partial charge on any atom is 0.175 e. The fourth-order valence-electron chi connectivity index (χ4n) is 5.39. The molecule has 1 unspecified atom stereocenters. The fourth-order valence-corrected chi connectivity index (χ4v) is 6.60. The third kappa shape index (κ3) is 4.09. The summed E-state index contributed by atoms with van der Waals surface area (Å²) in [5.74, 6) is 0.641. The van der Waals surface area contributed by atoms with Crippen LogP contribution in [0.4, 0.5) is 0 Å². The van der Waals surface area contributed by atoms with Crippen LogP contribution in [-0.2, 0) is 16.3 Å². The maximum absolute atomic E-state index is 11.8. The number of fused-ring (bicyclic) bond motifs is 1. The van der Waals surface area contributed by atoms with Crippen molar-refractivity contribution >= 4 is 33.0 Å². The summed E-state index contributed by atoms with van der Waals surface area (Å²) in [4.78, 5) is 2.83. The van der Waals surface area contributed by atoms with Crippen LogP contribution in [0.5, 0.6) is 5.75 Å². The summed E-state index contributed by atoms with van der Waals surface area (Å²) in [6, 6.07) is 10.6. The van der Waals surface area contributed by atoms with E-state index in [2.05, 4.69) is 10.2 Å². The van der Waals surface area contributed by atoms with Crippen molar-refractivity contribution in [2.24, 2.45) is 5.41 Å². The molecule has 3 aliphatic rings. The molecule has 1 aliphatic carbocycles. The van der Waals surface area contributed by atoms with Crippen molar-refractivity contribution in [1.82, 2.24) is 10.2 Å². The molecule has 2 aromatic carbocycles. The quantitative estimate of drug-likeness (QED) is 0.712. The third-order valence-electron chi connectivity index (χ3n) is 7.05. The first-order valence-electron chi connectivity index (χ1n) is 10.6. The van der Waals surface area contributed by atoms with Crippen LogP contribution in [0.1, 0.15) is 30.1 Å². The normalized spacial score (nSPS) is 28.4. The predicted molar refractivity (Wildman–Crippen MR) is 123 cm³/mol. The molecule has 31 heavy (non-hydrogen) atoms. The summed E-state index contributed by atoms with van der Waals surface area (Å²) in [5, 5.41) is 4.81. The standard InChI is InChI=1S/C23H26Cl2N2O3S/c1-31(28,29)17-4-2-16(3-5-17)30-22-19-10-15(24)11-20(25)18(19)12-21(22)27-9-7-23(14-27)6-8-26-13-23/h2-5,10-11,21-22,26H,6-9,12-14H2,1H3/t21-,22-,23?/m0/s1. The number of ether oxygens (including phenoxy) is 1. The lowest BCUT2D eigenvalue weighted by Gasteiger charge is -2.32. The van der Waals surface area contributed by atoms with Crippen molar-refractivity contribution in [1.29, 1.82) is 0 Å². The van der Waals surface area contributed by atoms with E-state index in [1.807, 2.05) is 6.07 Å². The van der Waals surface area contributed by atoms with Crippen LogP contribution in [-0.4, -0.2) is 51.8 Å². The van der Waals surface area contributed by atoms with Gasteiger partial charge in [-0.1, -0.05) is 23.2 Å². The summed E-state index contributed by atoms with van der Waals surface area (Å²) in [6.07, 6.45) is 4.23. The van der Waals surface area contributed by atoms with Gasteiger partial charge in [-0.15, -0.1) is 0 Å². The smallest absolute Gasteiger partial charge is 0.175 e. The Morgan fingerprint density at radius 3 is 2.61 bits per heavy atom. The van der Waals surface area contributed by atoms with E-state index in [1.54, 1.807) is 30.3 Å². The highest BCUT2D eigenvalue weighted by molar-refractivity contribution is 7.90. The van der Waals surface area contributed by atoms with E-state index < -0.39 is 9.84 Å². The number of nitrogens with zero attached hydrogens (tertiary/aromatic N) is 1. The van der Waals surface area contributed by atoms with Crippen molar-refractivity contribution in [3.8, 4) is 5.75 Å². The van der Waals surface area contributed by atoms with E-state index in [0.717, 1.165) is 43.7 Å². The van der Waals surface area contributed by atoms with Crippen molar-refractivity contribution in [3.63, 3.8) is 0 Å². The van der Waals surface area contributed by atoms with E-state index in [1.165, 1.54) is 19.1 Å². The monoisotopic (exact) mass is 480 g/mol. The van der Waals surface area contributed by atoms with Gasteiger partial charge in [0.15, 0.2) is 9.84 Å². The molecule has 5 rings (SSSR count). The summed E-state index contributed by atoms with van der Waals surface area (Å²) in [6.45, 7) is 4.26. The largest absolute Gasteiger partial charge is 0.484 e. The second-order valence-electron chi connectivity index (χ2n) is 9.16. The fraction of sp³-hybridized carbons (Fsp3) is 0.478. The van der Waals surface area contributed by atoms with Crippen LogP contribution in [0.2, 0.25) is 10.0 Å². The number of halogens is 2. The van der Waals surface area contributed by atoms with Gasteiger partial charge >= 0.3 is 0 Å². The number of hydrogen-bond donors (Lipinski definition) is 1. The molecule has 0 bridgehead atoms. The Bertz CT molecular complexity index is 1100. The van der Waals surface area contributed by atoms with Gasteiger partial charge in [0.1, 0.15) is 11.9 Å². The molecule has 2 heterocycles. The molecule has 2 fully saturated rings. The SMILES string of the molecule is CS(=O)(=O)c1ccc(O[C@H]2c3cc(Cl)cc(Cl)c3C[C@@H]2N2CCC3(CCNC3)C2)cc1. The number of likely N-dealkylation sites (tertiary alicyclic amines) is 1. The molecule has 8 heteroatoms. The lowest BCUT2D eigenvalue weighted by atomic mass is 9.86. The Morgan fingerprint density at radius 2 is 1.94 bits per heavy atom. The molecule has 2 aliphatic heterocycles. The molecule has 5 nitrogen and oxygen atoms in total. The molecule has 2 aromatic rings. The molecule has 1 N–H and O–H groups in total. The number of benzene rings is 2. The highest BCUT2D eigenvalue weighted by Crippen LogP contribution is 2.46. The van der Waals surface area contributed by atoms with Gasteiger partial charge in [0, 0.05) is 35.0 Å². The topological polar surface area (TPSA) is 58.6 Å².